The molecule has 23 heavy (non-hydrogen) atoms. The van der Waals surface area contributed by atoms with Gasteiger partial charge in [-0.3, -0.25) is 4.79 Å². The minimum absolute atomic E-state index is 0. The maximum Gasteiger partial charge on any atom is 0.254 e. The van der Waals surface area contributed by atoms with Crippen LogP contribution in [0.2, 0.25) is 0 Å². The molecule has 4 heteroatoms. The Hall–Kier alpha value is -1.06. The van der Waals surface area contributed by atoms with Crippen molar-refractivity contribution in [2.24, 2.45) is 5.92 Å². The minimum atomic E-state index is 0. The summed E-state index contributed by atoms with van der Waals surface area (Å²) in [6, 6.07) is 6.31. The van der Waals surface area contributed by atoms with Gasteiger partial charge in [0.2, 0.25) is 0 Å². The zero-order valence-electron chi connectivity index (χ0n) is 14.3. The number of hydrogen-bond acceptors (Lipinski definition) is 2. The average Bonchev–Trinajstić information content (AvgIpc) is 2.56. The molecule has 1 N–H and O–H groups in total. The number of nitrogens with one attached hydrogen (secondary N) is 1. The lowest BCUT2D eigenvalue weighted by Gasteiger charge is -2.31. The monoisotopic (exact) mass is 336 g/mol. The third-order valence-corrected chi connectivity index (χ3v) is 5.46. The summed E-state index contributed by atoms with van der Waals surface area (Å²) in [4.78, 5) is 14.9. The largest absolute Gasteiger partial charge is 0.339 e. The lowest BCUT2D eigenvalue weighted by atomic mass is 9.85. The number of likely N-dealkylation sites (tertiary alicyclic amines) is 1. The summed E-state index contributed by atoms with van der Waals surface area (Å²) in [5.74, 6) is 1.60. The molecule has 0 saturated carbocycles. The van der Waals surface area contributed by atoms with Crippen LogP contribution in [0.4, 0.5) is 0 Å². The molecule has 2 aliphatic rings. The highest BCUT2D eigenvalue weighted by atomic mass is 35.5. The predicted molar refractivity (Wildman–Crippen MR) is 97.6 cm³/mol. The molecule has 0 atom stereocenters. The van der Waals surface area contributed by atoms with Gasteiger partial charge in [-0.2, -0.15) is 0 Å². The Morgan fingerprint density at radius 2 is 1.78 bits per heavy atom. The summed E-state index contributed by atoms with van der Waals surface area (Å²) in [7, 11) is 0. The fourth-order valence-electron chi connectivity index (χ4n) is 3.84. The molecule has 1 aromatic carbocycles. The number of halogens is 1. The van der Waals surface area contributed by atoms with Crippen molar-refractivity contribution in [2.45, 2.75) is 45.4 Å². The first-order valence-corrected chi connectivity index (χ1v) is 8.76. The van der Waals surface area contributed by atoms with Gasteiger partial charge in [-0.25, -0.2) is 0 Å². The molecule has 128 valence electrons. The SMILES string of the molecule is Cc1c(C(=O)N2CCC(C)CC2)cccc1C1CCNCC1.Cl. The summed E-state index contributed by atoms with van der Waals surface area (Å²) in [5, 5.41) is 3.42. The molecule has 2 saturated heterocycles. The van der Waals surface area contributed by atoms with Gasteiger partial charge >= 0.3 is 0 Å². The summed E-state index contributed by atoms with van der Waals surface area (Å²) in [5.41, 5.74) is 3.52. The first kappa shape index (κ1) is 18.3. The molecule has 0 radical (unpaired) electrons. The van der Waals surface area contributed by atoms with Crippen molar-refractivity contribution in [3.63, 3.8) is 0 Å². The van der Waals surface area contributed by atoms with E-state index in [1.54, 1.807) is 0 Å². The third kappa shape index (κ3) is 4.07. The molecule has 3 rings (SSSR count). The summed E-state index contributed by atoms with van der Waals surface area (Å²) in [6.07, 6.45) is 4.64. The normalized spacial score (nSPS) is 20.2. The van der Waals surface area contributed by atoms with Crippen LogP contribution in [0.25, 0.3) is 0 Å². The van der Waals surface area contributed by atoms with Gasteiger partial charge in [0.1, 0.15) is 0 Å². The van der Waals surface area contributed by atoms with Gasteiger partial charge in [0.15, 0.2) is 0 Å². The molecular weight excluding hydrogens is 308 g/mol. The van der Waals surface area contributed by atoms with Gasteiger partial charge in [-0.15, -0.1) is 12.4 Å². The fraction of sp³-hybridized carbons (Fsp3) is 0.632. The number of nitrogens with zero attached hydrogens (tertiary/aromatic N) is 1. The van der Waals surface area contributed by atoms with E-state index < -0.39 is 0 Å². The highest BCUT2D eigenvalue weighted by Crippen LogP contribution is 2.30. The van der Waals surface area contributed by atoms with E-state index in [2.05, 4.69) is 36.2 Å². The van der Waals surface area contributed by atoms with Crippen LogP contribution >= 0.6 is 12.4 Å². The molecule has 1 amide bonds. The van der Waals surface area contributed by atoms with E-state index >= 15 is 0 Å². The molecule has 2 fully saturated rings. The van der Waals surface area contributed by atoms with Crippen LogP contribution in [0.1, 0.15) is 60.0 Å². The fourth-order valence-corrected chi connectivity index (χ4v) is 3.84. The highest BCUT2D eigenvalue weighted by Gasteiger charge is 2.25. The number of benzene rings is 1. The van der Waals surface area contributed by atoms with Crippen molar-refractivity contribution in [3.8, 4) is 0 Å². The van der Waals surface area contributed by atoms with E-state index in [-0.39, 0.29) is 18.3 Å². The van der Waals surface area contributed by atoms with Crippen LogP contribution in [-0.2, 0) is 0 Å². The molecule has 3 nitrogen and oxygen atoms in total. The Balaban J connectivity index is 0.00000192. The van der Waals surface area contributed by atoms with Crippen molar-refractivity contribution in [3.05, 3.63) is 34.9 Å². The number of rotatable bonds is 2. The van der Waals surface area contributed by atoms with Crippen LogP contribution in [0.15, 0.2) is 18.2 Å². The molecule has 0 unspecified atom stereocenters. The number of amides is 1. The Labute approximate surface area is 146 Å². The van der Waals surface area contributed by atoms with E-state index in [0.717, 1.165) is 50.5 Å². The number of carbonyl (C=O) groups is 1. The van der Waals surface area contributed by atoms with Crippen LogP contribution in [-0.4, -0.2) is 37.0 Å². The van der Waals surface area contributed by atoms with Gasteiger partial charge in [0, 0.05) is 18.7 Å². The van der Waals surface area contributed by atoms with Gasteiger partial charge in [-0.05, 0) is 74.7 Å². The van der Waals surface area contributed by atoms with E-state index in [9.17, 15) is 4.79 Å². The van der Waals surface area contributed by atoms with Crippen LogP contribution in [0, 0.1) is 12.8 Å². The second-order valence-electron chi connectivity index (χ2n) is 7.02. The van der Waals surface area contributed by atoms with Gasteiger partial charge in [0.25, 0.3) is 5.91 Å². The average molecular weight is 337 g/mol. The van der Waals surface area contributed by atoms with Crippen molar-refractivity contribution < 1.29 is 4.79 Å². The summed E-state index contributed by atoms with van der Waals surface area (Å²) >= 11 is 0. The van der Waals surface area contributed by atoms with Crippen molar-refractivity contribution in [2.75, 3.05) is 26.2 Å². The quantitative estimate of drug-likeness (QED) is 0.892. The Bertz CT molecular complexity index is 532. The van der Waals surface area contributed by atoms with Crippen LogP contribution in [0.5, 0.6) is 0 Å². The molecule has 0 bridgehead atoms. The minimum Gasteiger partial charge on any atom is -0.339 e. The molecule has 0 aromatic heterocycles. The van der Waals surface area contributed by atoms with Crippen molar-refractivity contribution in [1.29, 1.82) is 0 Å². The maximum absolute atomic E-state index is 12.9. The van der Waals surface area contributed by atoms with E-state index in [4.69, 9.17) is 0 Å². The first-order chi connectivity index (χ1) is 10.7. The third-order valence-electron chi connectivity index (χ3n) is 5.46. The lowest BCUT2D eigenvalue weighted by Crippen LogP contribution is -2.38. The van der Waals surface area contributed by atoms with Gasteiger partial charge < -0.3 is 10.2 Å². The summed E-state index contributed by atoms with van der Waals surface area (Å²) < 4.78 is 0. The maximum atomic E-state index is 12.9. The Morgan fingerprint density at radius 3 is 2.43 bits per heavy atom. The Kier molecular flexibility index (Phi) is 6.49. The smallest absolute Gasteiger partial charge is 0.254 e. The predicted octanol–water partition coefficient (Wildman–Crippen LogP) is 3.76. The molecule has 2 heterocycles. The van der Waals surface area contributed by atoms with Gasteiger partial charge in [-0.1, -0.05) is 19.1 Å². The van der Waals surface area contributed by atoms with E-state index in [1.807, 2.05) is 6.07 Å². The van der Waals surface area contributed by atoms with Crippen LogP contribution < -0.4 is 5.32 Å². The van der Waals surface area contributed by atoms with Crippen LogP contribution in [0.3, 0.4) is 0 Å². The molecular formula is C19H29ClN2O. The van der Waals surface area contributed by atoms with Crippen molar-refractivity contribution >= 4 is 18.3 Å². The Morgan fingerprint density at radius 1 is 1.13 bits per heavy atom. The molecule has 0 aliphatic carbocycles. The van der Waals surface area contributed by atoms with E-state index in [1.165, 1.54) is 24.0 Å². The van der Waals surface area contributed by atoms with Gasteiger partial charge in [0.05, 0.1) is 0 Å². The van der Waals surface area contributed by atoms with Crippen molar-refractivity contribution in [1.82, 2.24) is 10.2 Å². The standard InChI is InChI=1S/C19H28N2O.ClH/c1-14-8-12-21(13-9-14)19(22)18-5-3-4-17(15(18)2)16-6-10-20-11-7-16;/h3-5,14,16,20H,6-13H2,1-2H3;1H. The molecule has 1 aromatic rings. The number of piperidine rings is 2. The summed E-state index contributed by atoms with van der Waals surface area (Å²) in [6.45, 7) is 8.43. The second kappa shape index (κ2) is 8.16. The lowest BCUT2D eigenvalue weighted by molar-refractivity contribution is 0.0696. The number of hydrogen-bond donors (Lipinski definition) is 1. The number of carbonyl (C=O) groups excluding carboxylic acids is 1. The molecule has 2 aliphatic heterocycles. The first-order valence-electron chi connectivity index (χ1n) is 8.76. The highest BCUT2D eigenvalue weighted by molar-refractivity contribution is 5.96. The zero-order chi connectivity index (χ0) is 15.5. The topological polar surface area (TPSA) is 32.3 Å². The molecule has 0 spiro atoms. The second-order valence-corrected chi connectivity index (χ2v) is 7.02. The van der Waals surface area contributed by atoms with E-state index in [0.29, 0.717) is 5.92 Å². The zero-order valence-corrected chi connectivity index (χ0v) is 15.1.